The second kappa shape index (κ2) is 9.22. The maximum atomic E-state index is 12.9. The van der Waals surface area contributed by atoms with Gasteiger partial charge in [0.1, 0.15) is 17.3 Å². The molecule has 1 amide bonds. The first kappa shape index (κ1) is 20.9. The number of carbonyl (C=O) groups excluding carboxylic acids is 1. The number of hydrogen-bond donors (Lipinski definition) is 1. The van der Waals surface area contributed by atoms with E-state index in [0.29, 0.717) is 23.9 Å². The van der Waals surface area contributed by atoms with Crippen molar-refractivity contribution in [3.8, 4) is 5.88 Å². The minimum Gasteiger partial charge on any atom is -0.473 e. The molecule has 4 rings (SSSR count). The minimum atomic E-state index is -0.110. The second-order valence-electron chi connectivity index (χ2n) is 7.27. The van der Waals surface area contributed by atoms with Crippen molar-refractivity contribution in [1.29, 1.82) is 0 Å². The number of thiophene rings is 1. The number of ether oxygens (including phenoxy) is 1. The molecular weight excluding hydrogens is 408 g/mol. The molecule has 0 aliphatic heterocycles. The van der Waals surface area contributed by atoms with Crippen LogP contribution in [0.1, 0.15) is 44.8 Å². The fourth-order valence-electron chi connectivity index (χ4n) is 3.40. The standard InChI is InChI=1S/C24H24N4O2S/c1-4-19-27-16(3)21-15(2)22(31-24(21)28-19)23(29)26-13-18-10-11-25-20(12-18)30-14-17-8-6-5-7-9-17/h5-12H,4,13-14H2,1-3H3,(H,26,29). The average molecular weight is 433 g/mol. The summed E-state index contributed by atoms with van der Waals surface area (Å²) in [7, 11) is 0. The van der Waals surface area contributed by atoms with Gasteiger partial charge in [-0.05, 0) is 36.6 Å². The number of nitrogens with zero attached hydrogens (tertiary/aromatic N) is 3. The Morgan fingerprint density at radius 1 is 1.10 bits per heavy atom. The van der Waals surface area contributed by atoms with Crippen LogP contribution in [-0.4, -0.2) is 20.9 Å². The summed E-state index contributed by atoms with van der Waals surface area (Å²) in [5, 5.41) is 3.99. The molecule has 6 nitrogen and oxygen atoms in total. The number of rotatable bonds is 7. The smallest absolute Gasteiger partial charge is 0.261 e. The Morgan fingerprint density at radius 2 is 1.90 bits per heavy atom. The number of benzene rings is 1. The Hall–Kier alpha value is -3.32. The van der Waals surface area contributed by atoms with Crippen molar-refractivity contribution in [2.75, 3.05) is 0 Å². The van der Waals surface area contributed by atoms with Gasteiger partial charge in [0.2, 0.25) is 5.88 Å². The van der Waals surface area contributed by atoms with Crippen LogP contribution in [0.4, 0.5) is 0 Å². The number of pyridine rings is 1. The zero-order valence-corrected chi connectivity index (χ0v) is 18.6. The van der Waals surface area contributed by atoms with E-state index in [-0.39, 0.29) is 5.91 Å². The van der Waals surface area contributed by atoms with Crippen molar-refractivity contribution in [2.24, 2.45) is 0 Å². The van der Waals surface area contributed by atoms with Crippen molar-refractivity contribution < 1.29 is 9.53 Å². The van der Waals surface area contributed by atoms with E-state index in [0.717, 1.165) is 44.8 Å². The average Bonchev–Trinajstić information content (AvgIpc) is 3.14. The topological polar surface area (TPSA) is 77.0 Å². The van der Waals surface area contributed by atoms with Crippen LogP contribution in [0.5, 0.6) is 5.88 Å². The van der Waals surface area contributed by atoms with E-state index in [4.69, 9.17) is 4.74 Å². The third-order valence-corrected chi connectivity index (χ3v) is 6.21. The van der Waals surface area contributed by atoms with Crippen LogP contribution < -0.4 is 10.1 Å². The van der Waals surface area contributed by atoms with Crippen LogP contribution in [0.3, 0.4) is 0 Å². The highest BCUT2D eigenvalue weighted by Gasteiger charge is 2.19. The summed E-state index contributed by atoms with van der Waals surface area (Å²) in [5.74, 6) is 1.23. The van der Waals surface area contributed by atoms with Gasteiger partial charge in [0, 0.05) is 36.3 Å². The first-order chi connectivity index (χ1) is 15.0. The van der Waals surface area contributed by atoms with Crippen LogP contribution in [0, 0.1) is 13.8 Å². The zero-order valence-electron chi connectivity index (χ0n) is 17.8. The molecule has 0 bridgehead atoms. The van der Waals surface area contributed by atoms with Crippen LogP contribution in [-0.2, 0) is 19.6 Å². The maximum Gasteiger partial charge on any atom is 0.261 e. The molecule has 0 aliphatic rings. The molecule has 31 heavy (non-hydrogen) atoms. The van der Waals surface area contributed by atoms with Crippen molar-refractivity contribution in [2.45, 2.75) is 40.3 Å². The fraction of sp³-hybridized carbons (Fsp3) is 0.250. The van der Waals surface area contributed by atoms with Crippen molar-refractivity contribution in [3.63, 3.8) is 0 Å². The summed E-state index contributed by atoms with van der Waals surface area (Å²) < 4.78 is 5.78. The number of amides is 1. The number of aryl methyl sites for hydroxylation is 3. The Labute approximate surface area is 185 Å². The number of carbonyl (C=O) groups is 1. The van der Waals surface area contributed by atoms with E-state index in [1.165, 1.54) is 11.3 Å². The fourth-order valence-corrected chi connectivity index (χ4v) is 4.57. The monoisotopic (exact) mass is 432 g/mol. The zero-order chi connectivity index (χ0) is 21.8. The van der Waals surface area contributed by atoms with Gasteiger partial charge < -0.3 is 10.1 Å². The van der Waals surface area contributed by atoms with E-state index in [1.54, 1.807) is 6.20 Å². The molecule has 0 saturated heterocycles. The molecule has 0 saturated carbocycles. The number of aromatic nitrogens is 3. The minimum absolute atomic E-state index is 0.110. The molecule has 0 spiro atoms. The predicted octanol–water partition coefficient (Wildman–Crippen LogP) is 4.77. The summed E-state index contributed by atoms with van der Waals surface area (Å²) in [6.45, 7) is 6.80. The van der Waals surface area contributed by atoms with E-state index < -0.39 is 0 Å². The summed E-state index contributed by atoms with van der Waals surface area (Å²) in [6.07, 6.45) is 2.46. The van der Waals surface area contributed by atoms with E-state index in [2.05, 4.69) is 20.3 Å². The highest BCUT2D eigenvalue weighted by Crippen LogP contribution is 2.31. The Balaban J connectivity index is 1.44. The van der Waals surface area contributed by atoms with Gasteiger partial charge in [0.15, 0.2) is 0 Å². The van der Waals surface area contributed by atoms with E-state index >= 15 is 0 Å². The highest BCUT2D eigenvalue weighted by molar-refractivity contribution is 7.20. The second-order valence-corrected chi connectivity index (χ2v) is 8.27. The molecule has 7 heteroatoms. The van der Waals surface area contributed by atoms with Gasteiger partial charge in [-0.2, -0.15) is 0 Å². The SMILES string of the molecule is CCc1nc(C)c2c(C)c(C(=O)NCc3ccnc(OCc4ccccc4)c3)sc2n1. The van der Waals surface area contributed by atoms with Gasteiger partial charge in [-0.25, -0.2) is 15.0 Å². The van der Waals surface area contributed by atoms with Crippen LogP contribution >= 0.6 is 11.3 Å². The maximum absolute atomic E-state index is 12.9. The Kier molecular flexibility index (Phi) is 6.23. The number of fused-ring (bicyclic) bond motifs is 1. The van der Waals surface area contributed by atoms with Gasteiger partial charge in [0.25, 0.3) is 5.91 Å². The first-order valence-corrected chi connectivity index (χ1v) is 11.0. The summed E-state index contributed by atoms with van der Waals surface area (Å²) in [4.78, 5) is 27.8. The van der Waals surface area contributed by atoms with Crippen LogP contribution in [0.25, 0.3) is 10.2 Å². The molecule has 3 aromatic heterocycles. The normalized spacial score (nSPS) is 10.9. The molecule has 0 radical (unpaired) electrons. The highest BCUT2D eigenvalue weighted by atomic mass is 32.1. The van der Waals surface area contributed by atoms with E-state index in [1.807, 2.05) is 63.2 Å². The summed E-state index contributed by atoms with van der Waals surface area (Å²) in [6, 6.07) is 13.7. The quantitative estimate of drug-likeness (QED) is 0.455. The molecule has 3 heterocycles. The molecule has 0 unspecified atom stereocenters. The predicted molar refractivity (Wildman–Crippen MR) is 122 cm³/mol. The summed E-state index contributed by atoms with van der Waals surface area (Å²) in [5.41, 5.74) is 3.85. The summed E-state index contributed by atoms with van der Waals surface area (Å²) >= 11 is 1.42. The molecule has 0 fully saturated rings. The Bertz CT molecular complexity index is 1220. The van der Waals surface area contributed by atoms with Crippen molar-refractivity contribution >= 4 is 27.5 Å². The molecular formula is C24H24N4O2S. The third kappa shape index (κ3) is 4.72. The van der Waals surface area contributed by atoms with Gasteiger partial charge in [-0.3, -0.25) is 4.79 Å². The van der Waals surface area contributed by atoms with Crippen molar-refractivity contribution in [1.82, 2.24) is 20.3 Å². The molecule has 1 N–H and O–H groups in total. The van der Waals surface area contributed by atoms with Gasteiger partial charge in [-0.1, -0.05) is 37.3 Å². The lowest BCUT2D eigenvalue weighted by Crippen LogP contribution is -2.22. The van der Waals surface area contributed by atoms with Crippen LogP contribution in [0.2, 0.25) is 0 Å². The third-order valence-electron chi connectivity index (χ3n) is 5.02. The van der Waals surface area contributed by atoms with Gasteiger partial charge >= 0.3 is 0 Å². The lowest BCUT2D eigenvalue weighted by atomic mass is 10.1. The molecule has 0 atom stereocenters. The Morgan fingerprint density at radius 3 is 2.68 bits per heavy atom. The largest absolute Gasteiger partial charge is 0.473 e. The first-order valence-electron chi connectivity index (χ1n) is 10.2. The van der Waals surface area contributed by atoms with Crippen molar-refractivity contribution in [3.05, 3.63) is 81.7 Å². The molecule has 1 aromatic carbocycles. The molecule has 0 aliphatic carbocycles. The van der Waals surface area contributed by atoms with Gasteiger partial charge in [-0.15, -0.1) is 11.3 Å². The number of nitrogens with one attached hydrogen (secondary N) is 1. The van der Waals surface area contributed by atoms with E-state index in [9.17, 15) is 4.79 Å². The lowest BCUT2D eigenvalue weighted by molar-refractivity contribution is 0.0954. The molecule has 4 aromatic rings. The van der Waals surface area contributed by atoms with Crippen LogP contribution in [0.15, 0.2) is 48.7 Å². The molecule has 158 valence electrons. The lowest BCUT2D eigenvalue weighted by Gasteiger charge is -2.08. The van der Waals surface area contributed by atoms with Gasteiger partial charge in [0.05, 0.1) is 4.88 Å². The number of hydrogen-bond acceptors (Lipinski definition) is 6.